The van der Waals surface area contributed by atoms with Crippen molar-refractivity contribution >= 4 is 36.0 Å². The summed E-state index contributed by atoms with van der Waals surface area (Å²) in [5.74, 6) is 0. The Hall–Kier alpha value is -3.08. The smallest absolute Gasteiger partial charge is 0.233 e. The third-order valence-corrected chi connectivity index (χ3v) is 9.87. The van der Waals surface area contributed by atoms with Crippen LogP contribution in [0.2, 0.25) is 0 Å². The van der Waals surface area contributed by atoms with Gasteiger partial charge in [0, 0.05) is 6.20 Å². The average molecular weight is 500 g/mol. The van der Waals surface area contributed by atoms with E-state index in [1.807, 2.05) is 19.9 Å². The Labute approximate surface area is 197 Å². The summed E-state index contributed by atoms with van der Waals surface area (Å²) >= 11 is 0.792. The lowest BCUT2D eigenvalue weighted by Crippen LogP contribution is -2.08. The van der Waals surface area contributed by atoms with E-state index in [-0.39, 0.29) is 30.7 Å². The highest BCUT2D eigenvalue weighted by molar-refractivity contribution is 7.94. The Morgan fingerprint density at radius 2 is 1.36 bits per heavy atom. The maximum atomic E-state index is 13.4. The highest BCUT2D eigenvalue weighted by atomic mass is 32.2. The first-order valence-electron chi connectivity index (χ1n) is 9.96. The first-order chi connectivity index (χ1) is 15.7. The molecule has 170 valence electrons. The number of nitrogens with zero attached hydrogens (tertiary/aromatic N) is 2. The zero-order valence-corrected chi connectivity index (χ0v) is 20.3. The number of aromatic nitrogens is 2. The number of hydrogen-bond donors (Lipinski definition) is 1. The normalized spacial score (nSPS) is 11.9. The second-order valence-electron chi connectivity index (χ2n) is 7.42. The number of thiazole rings is 1. The molecule has 33 heavy (non-hydrogen) atoms. The lowest BCUT2D eigenvalue weighted by molar-refractivity contribution is 0.589. The molecule has 0 atom stereocenters. The summed E-state index contributed by atoms with van der Waals surface area (Å²) in [7, 11) is -8.07. The molecule has 0 fully saturated rings. The molecule has 0 aliphatic heterocycles. The quantitative estimate of drug-likeness (QED) is 0.401. The molecule has 0 aliphatic rings. The fourth-order valence-electron chi connectivity index (χ4n) is 3.02. The van der Waals surface area contributed by atoms with Crippen molar-refractivity contribution in [3.63, 3.8) is 0 Å². The van der Waals surface area contributed by atoms with Gasteiger partial charge in [-0.05, 0) is 50.2 Å². The van der Waals surface area contributed by atoms with E-state index in [2.05, 4.69) is 15.3 Å². The molecular formula is C23H21N3O4S3. The van der Waals surface area contributed by atoms with Gasteiger partial charge in [-0.25, -0.2) is 21.8 Å². The summed E-state index contributed by atoms with van der Waals surface area (Å²) in [6.45, 7) is 3.92. The fourth-order valence-corrected chi connectivity index (χ4v) is 7.31. The molecule has 0 amide bonds. The van der Waals surface area contributed by atoms with Crippen molar-refractivity contribution in [2.75, 3.05) is 5.32 Å². The Balaban J connectivity index is 1.80. The number of aryl methyl sites for hydroxylation is 2. The minimum atomic E-state index is -4.07. The third-order valence-electron chi connectivity index (χ3n) is 4.88. The summed E-state index contributed by atoms with van der Waals surface area (Å²) in [5.41, 5.74) is 2.49. The third kappa shape index (κ3) is 4.82. The predicted octanol–water partition coefficient (Wildman–Crippen LogP) is 4.43. The summed E-state index contributed by atoms with van der Waals surface area (Å²) < 4.78 is 52.9. The van der Waals surface area contributed by atoms with Crippen LogP contribution in [0, 0.1) is 13.8 Å². The van der Waals surface area contributed by atoms with Gasteiger partial charge >= 0.3 is 0 Å². The number of hydrogen-bond acceptors (Lipinski definition) is 8. The Morgan fingerprint density at radius 1 is 0.788 bits per heavy atom. The van der Waals surface area contributed by atoms with Gasteiger partial charge in [-0.15, -0.1) is 0 Å². The molecule has 0 unspecified atom stereocenters. The van der Waals surface area contributed by atoms with E-state index in [9.17, 15) is 16.8 Å². The monoisotopic (exact) mass is 499 g/mol. The van der Waals surface area contributed by atoms with Gasteiger partial charge in [0.05, 0.1) is 22.0 Å². The van der Waals surface area contributed by atoms with E-state index in [1.165, 1.54) is 24.3 Å². The van der Waals surface area contributed by atoms with Crippen LogP contribution in [0.3, 0.4) is 0 Å². The topological polar surface area (TPSA) is 106 Å². The number of benzene rings is 2. The van der Waals surface area contributed by atoms with Crippen molar-refractivity contribution in [1.29, 1.82) is 0 Å². The lowest BCUT2D eigenvalue weighted by Gasteiger charge is -2.07. The molecule has 4 rings (SSSR count). The van der Waals surface area contributed by atoms with Crippen LogP contribution in [0.25, 0.3) is 0 Å². The number of pyridine rings is 1. The minimum absolute atomic E-state index is 0.0403. The van der Waals surface area contributed by atoms with Crippen molar-refractivity contribution in [2.45, 2.75) is 39.5 Å². The second kappa shape index (κ2) is 9.05. The van der Waals surface area contributed by atoms with Crippen LogP contribution in [-0.2, 0) is 26.2 Å². The van der Waals surface area contributed by atoms with Crippen molar-refractivity contribution in [1.82, 2.24) is 9.97 Å². The number of sulfone groups is 2. The molecule has 0 saturated carbocycles. The number of rotatable bonds is 7. The molecule has 7 nitrogen and oxygen atoms in total. The van der Waals surface area contributed by atoms with Crippen LogP contribution in [-0.4, -0.2) is 26.8 Å². The molecule has 0 aliphatic carbocycles. The van der Waals surface area contributed by atoms with E-state index in [1.54, 1.807) is 42.6 Å². The molecule has 2 heterocycles. The summed E-state index contributed by atoms with van der Waals surface area (Å²) in [4.78, 5) is 8.44. The van der Waals surface area contributed by atoms with Gasteiger partial charge in [0.25, 0.3) is 0 Å². The molecule has 0 saturated heterocycles. The van der Waals surface area contributed by atoms with Gasteiger partial charge in [-0.2, -0.15) is 0 Å². The van der Waals surface area contributed by atoms with Crippen LogP contribution in [0.1, 0.15) is 16.8 Å². The SMILES string of the molecule is Cc1ccc(S(=O)(=O)c2nc(S(=O)(=O)c3ccc(C)cc3)c(NCc3ccccn3)s2)cc1. The summed E-state index contributed by atoms with van der Waals surface area (Å²) in [5, 5.41) is 2.84. The van der Waals surface area contributed by atoms with E-state index >= 15 is 0 Å². The van der Waals surface area contributed by atoms with Gasteiger partial charge in [-0.3, -0.25) is 4.98 Å². The highest BCUT2D eigenvalue weighted by Gasteiger charge is 2.31. The molecule has 2 aromatic carbocycles. The van der Waals surface area contributed by atoms with Crippen LogP contribution < -0.4 is 5.32 Å². The van der Waals surface area contributed by atoms with Gasteiger partial charge in [0.15, 0.2) is 5.03 Å². The van der Waals surface area contributed by atoms with Gasteiger partial charge in [0.1, 0.15) is 5.00 Å². The first kappa shape index (κ1) is 23.1. The minimum Gasteiger partial charge on any atom is -0.369 e. The second-order valence-corrected chi connectivity index (χ2v) is 12.4. The molecule has 0 bridgehead atoms. The summed E-state index contributed by atoms with van der Waals surface area (Å²) in [6.07, 6.45) is 1.63. The molecule has 2 aromatic heterocycles. The van der Waals surface area contributed by atoms with Crippen molar-refractivity contribution in [3.05, 3.63) is 89.7 Å². The van der Waals surface area contributed by atoms with Crippen molar-refractivity contribution in [3.8, 4) is 0 Å². The van der Waals surface area contributed by atoms with Gasteiger partial charge in [-0.1, -0.05) is 52.8 Å². The van der Waals surface area contributed by atoms with Crippen LogP contribution in [0.4, 0.5) is 5.00 Å². The maximum Gasteiger partial charge on any atom is 0.233 e. The van der Waals surface area contributed by atoms with Crippen molar-refractivity contribution < 1.29 is 16.8 Å². The van der Waals surface area contributed by atoms with Gasteiger partial charge in [0.2, 0.25) is 24.0 Å². The highest BCUT2D eigenvalue weighted by Crippen LogP contribution is 2.37. The Bertz CT molecular complexity index is 1480. The predicted molar refractivity (Wildman–Crippen MR) is 127 cm³/mol. The molecule has 0 spiro atoms. The standard InChI is InChI=1S/C23H21N3O4S3/c1-16-6-10-19(11-7-16)32(27,28)22-21(25-15-18-5-3-4-14-24-18)31-23(26-22)33(29,30)20-12-8-17(2)9-13-20/h3-14,25H,15H2,1-2H3. The molecule has 4 aromatic rings. The molecule has 10 heteroatoms. The van der Waals surface area contributed by atoms with Crippen LogP contribution >= 0.6 is 11.3 Å². The zero-order valence-electron chi connectivity index (χ0n) is 17.9. The van der Waals surface area contributed by atoms with Crippen LogP contribution in [0.5, 0.6) is 0 Å². The number of nitrogens with one attached hydrogen (secondary N) is 1. The number of anilines is 1. The van der Waals surface area contributed by atoms with E-state index in [0.717, 1.165) is 22.5 Å². The van der Waals surface area contributed by atoms with Crippen LogP contribution in [0.15, 0.2) is 92.1 Å². The largest absolute Gasteiger partial charge is 0.369 e. The van der Waals surface area contributed by atoms with Gasteiger partial charge < -0.3 is 5.32 Å². The van der Waals surface area contributed by atoms with E-state index in [0.29, 0.717) is 5.69 Å². The Kier molecular flexibility index (Phi) is 6.33. The molecule has 0 radical (unpaired) electrons. The zero-order chi connectivity index (χ0) is 23.6. The van der Waals surface area contributed by atoms with E-state index < -0.39 is 19.7 Å². The Morgan fingerprint density at radius 3 is 1.91 bits per heavy atom. The first-order valence-corrected chi connectivity index (χ1v) is 13.7. The molecule has 1 N–H and O–H groups in total. The average Bonchev–Trinajstić information content (AvgIpc) is 3.25. The van der Waals surface area contributed by atoms with Crippen molar-refractivity contribution in [2.24, 2.45) is 0 Å². The fraction of sp³-hybridized carbons (Fsp3) is 0.130. The lowest BCUT2D eigenvalue weighted by atomic mass is 10.2. The van der Waals surface area contributed by atoms with E-state index in [4.69, 9.17) is 0 Å². The maximum absolute atomic E-state index is 13.4. The summed E-state index contributed by atoms with van der Waals surface area (Å²) in [6, 6.07) is 18.1. The molecular weight excluding hydrogens is 478 g/mol.